The highest BCUT2D eigenvalue weighted by atomic mass is 32.2. The molecule has 8 nitrogen and oxygen atoms in total. The molecule has 2 aromatic rings. The highest BCUT2D eigenvalue weighted by Crippen LogP contribution is 2.33. The summed E-state index contributed by atoms with van der Waals surface area (Å²) in [5.74, 6) is -0.0916. The van der Waals surface area contributed by atoms with E-state index < -0.39 is 10.0 Å². The van der Waals surface area contributed by atoms with Gasteiger partial charge in [0.2, 0.25) is 21.8 Å². The van der Waals surface area contributed by atoms with Crippen molar-refractivity contribution in [2.24, 2.45) is 0 Å². The van der Waals surface area contributed by atoms with Gasteiger partial charge in [0, 0.05) is 25.2 Å². The molecule has 9 heteroatoms. The van der Waals surface area contributed by atoms with E-state index in [1.54, 1.807) is 23.1 Å². The maximum Gasteiger partial charge on any atom is 0.232 e. The number of hydrogen-bond acceptors (Lipinski definition) is 5. The van der Waals surface area contributed by atoms with E-state index in [2.05, 4.69) is 10.0 Å². The van der Waals surface area contributed by atoms with Gasteiger partial charge in [-0.2, -0.15) is 0 Å². The number of sulfonamides is 1. The molecule has 2 aromatic carbocycles. The second-order valence-corrected chi connectivity index (χ2v) is 9.36. The molecule has 1 heterocycles. The Morgan fingerprint density at radius 1 is 1.19 bits per heavy atom. The molecular formula is C22H27N3O5S. The molecular weight excluding hydrogens is 418 g/mol. The minimum absolute atomic E-state index is 0.0653. The Kier molecular flexibility index (Phi) is 6.84. The van der Waals surface area contributed by atoms with E-state index in [0.717, 1.165) is 17.5 Å². The van der Waals surface area contributed by atoms with Crippen LogP contribution in [0.25, 0.3) is 0 Å². The van der Waals surface area contributed by atoms with E-state index in [1.807, 2.05) is 24.3 Å². The molecule has 31 heavy (non-hydrogen) atoms. The summed E-state index contributed by atoms with van der Waals surface area (Å²) in [5, 5.41) is 2.82. The van der Waals surface area contributed by atoms with Crippen molar-refractivity contribution in [3.63, 3.8) is 0 Å². The molecule has 0 radical (unpaired) electrons. The van der Waals surface area contributed by atoms with Gasteiger partial charge in [0.05, 0.1) is 31.0 Å². The molecule has 0 spiro atoms. The van der Waals surface area contributed by atoms with Crippen molar-refractivity contribution in [1.29, 1.82) is 0 Å². The number of amides is 2. The zero-order valence-corrected chi connectivity index (χ0v) is 18.7. The predicted molar refractivity (Wildman–Crippen MR) is 120 cm³/mol. The van der Waals surface area contributed by atoms with Crippen LogP contribution in [0.3, 0.4) is 0 Å². The molecule has 1 unspecified atom stereocenters. The van der Waals surface area contributed by atoms with Crippen LogP contribution in [0.2, 0.25) is 0 Å². The number of methoxy groups -OCH3 is 1. The van der Waals surface area contributed by atoms with E-state index in [4.69, 9.17) is 4.74 Å². The van der Waals surface area contributed by atoms with Crippen LogP contribution < -0.4 is 14.8 Å². The predicted octanol–water partition coefficient (Wildman–Crippen LogP) is 2.93. The molecule has 2 amide bonds. The Labute approximate surface area is 182 Å². The quantitative estimate of drug-likeness (QED) is 0.682. The smallest absolute Gasteiger partial charge is 0.232 e. The summed E-state index contributed by atoms with van der Waals surface area (Å²) in [6.07, 6.45) is 0.878. The number of benzene rings is 2. The third-order valence-corrected chi connectivity index (χ3v) is 6.62. The van der Waals surface area contributed by atoms with Gasteiger partial charge in [0.15, 0.2) is 0 Å². The normalized spacial score (nSPS) is 15.7. The van der Waals surface area contributed by atoms with Crippen LogP contribution in [0.15, 0.2) is 42.5 Å². The Hall–Kier alpha value is -3.07. The fourth-order valence-corrected chi connectivity index (χ4v) is 4.38. The molecule has 0 aromatic heterocycles. The van der Waals surface area contributed by atoms with Crippen molar-refractivity contribution in [2.45, 2.75) is 32.7 Å². The third kappa shape index (κ3) is 5.35. The average molecular weight is 446 g/mol. The molecule has 0 saturated heterocycles. The van der Waals surface area contributed by atoms with Gasteiger partial charge in [0.1, 0.15) is 5.75 Å². The van der Waals surface area contributed by atoms with Gasteiger partial charge in [-0.3, -0.25) is 14.3 Å². The molecule has 166 valence electrons. The lowest BCUT2D eigenvalue weighted by Gasteiger charge is -2.36. The van der Waals surface area contributed by atoms with Gasteiger partial charge in [-0.05, 0) is 36.6 Å². The van der Waals surface area contributed by atoms with E-state index in [0.29, 0.717) is 23.7 Å². The second-order valence-electron chi connectivity index (χ2n) is 7.35. The van der Waals surface area contributed by atoms with Crippen LogP contribution in [0, 0.1) is 0 Å². The first kappa shape index (κ1) is 22.6. The van der Waals surface area contributed by atoms with Gasteiger partial charge >= 0.3 is 0 Å². The average Bonchev–Trinajstić information content (AvgIpc) is 2.74. The van der Waals surface area contributed by atoms with Crippen LogP contribution in [-0.4, -0.2) is 44.5 Å². The monoisotopic (exact) mass is 445 g/mol. The van der Waals surface area contributed by atoms with Crippen molar-refractivity contribution in [1.82, 2.24) is 4.90 Å². The first-order valence-electron chi connectivity index (χ1n) is 10.1. The number of rotatable bonds is 7. The summed E-state index contributed by atoms with van der Waals surface area (Å²) in [6.45, 7) is 3.63. The van der Waals surface area contributed by atoms with Crippen LogP contribution in [0.4, 0.5) is 11.4 Å². The van der Waals surface area contributed by atoms with Crippen LogP contribution >= 0.6 is 0 Å². The van der Waals surface area contributed by atoms with Gasteiger partial charge in [-0.25, -0.2) is 8.42 Å². The van der Waals surface area contributed by atoms with E-state index in [9.17, 15) is 18.0 Å². The molecule has 0 aliphatic carbocycles. The Morgan fingerprint density at radius 3 is 2.61 bits per heavy atom. The summed E-state index contributed by atoms with van der Waals surface area (Å²) in [4.78, 5) is 26.7. The van der Waals surface area contributed by atoms with E-state index >= 15 is 0 Å². The first-order valence-corrected chi connectivity index (χ1v) is 11.7. The largest absolute Gasteiger partial charge is 0.494 e. The standard InChI is InChI=1S/C22H27N3O5S/c1-4-31(28,29)24-19-10-9-17(13-21(19)30-3)23-22(27)14-20-18-8-6-5-7-16(18)11-12-25(20)15(2)26/h5-10,13,20,24H,4,11-12,14H2,1-3H3,(H,23,27). The molecule has 0 saturated carbocycles. The van der Waals surface area contributed by atoms with E-state index in [-0.39, 0.29) is 30.0 Å². The van der Waals surface area contributed by atoms with Crippen LogP contribution in [0.1, 0.15) is 37.4 Å². The maximum atomic E-state index is 12.8. The fraction of sp³-hybridized carbons (Fsp3) is 0.364. The van der Waals surface area contributed by atoms with Gasteiger partial charge in [-0.15, -0.1) is 0 Å². The highest BCUT2D eigenvalue weighted by molar-refractivity contribution is 7.92. The van der Waals surface area contributed by atoms with Crippen molar-refractivity contribution < 1.29 is 22.7 Å². The lowest BCUT2D eigenvalue weighted by Crippen LogP contribution is -2.40. The van der Waals surface area contributed by atoms with Crippen molar-refractivity contribution >= 4 is 33.2 Å². The summed E-state index contributed by atoms with van der Waals surface area (Å²) < 4.78 is 31.4. The molecule has 0 fully saturated rings. The molecule has 1 aliphatic heterocycles. The highest BCUT2D eigenvalue weighted by Gasteiger charge is 2.30. The number of hydrogen-bond donors (Lipinski definition) is 2. The van der Waals surface area contributed by atoms with Crippen molar-refractivity contribution in [2.75, 3.05) is 29.4 Å². The van der Waals surface area contributed by atoms with E-state index in [1.165, 1.54) is 21.0 Å². The molecule has 2 N–H and O–H groups in total. The Bertz CT molecular complexity index is 1080. The summed E-state index contributed by atoms with van der Waals surface area (Å²) in [7, 11) is -2.03. The lowest BCUT2D eigenvalue weighted by molar-refractivity contribution is -0.132. The zero-order chi connectivity index (χ0) is 22.6. The summed E-state index contributed by atoms with van der Waals surface area (Å²) >= 11 is 0. The number of anilines is 2. The Morgan fingerprint density at radius 2 is 1.94 bits per heavy atom. The second kappa shape index (κ2) is 9.38. The maximum absolute atomic E-state index is 12.8. The zero-order valence-electron chi connectivity index (χ0n) is 17.8. The summed E-state index contributed by atoms with van der Waals surface area (Å²) in [5.41, 5.74) is 2.90. The number of carbonyl (C=O) groups excluding carboxylic acids is 2. The summed E-state index contributed by atoms with van der Waals surface area (Å²) in [6, 6.07) is 12.2. The number of fused-ring (bicyclic) bond motifs is 1. The molecule has 1 aliphatic rings. The number of nitrogens with one attached hydrogen (secondary N) is 2. The fourth-order valence-electron chi connectivity index (χ4n) is 3.73. The minimum atomic E-state index is -3.46. The number of nitrogens with zero attached hydrogens (tertiary/aromatic N) is 1. The number of ether oxygens (including phenoxy) is 1. The lowest BCUT2D eigenvalue weighted by atomic mass is 9.90. The van der Waals surface area contributed by atoms with Gasteiger partial charge < -0.3 is 15.0 Å². The third-order valence-electron chi connectivity index (χ3n) is 5.33. The molecule has 0 bridgehead atoms. The molecule has 1 atom stereocenters. The SMILES string of the molecule is CCS(=O)(=O)Nc1ccc(NC(=O)CC2c3ccccc3CCN2C(C)=O)cc1OC. The first-order chi connectivity index (χ1) is 14.7. The van der Waals surface area contributed by atoms with Crippen molar-refractivity contribution in [3.05, 3.63) is 53.6 Å². The molecule has 3 rings (SSSR count). The minimum Gasteiger partial charge on any atom is -0.494 e. The van der Waals surface area contributed by atoms with Crippen LogP contribution in [0.5, 0.6) is 5.75 Å². The number of carbonyl (C=O) groups is 2. The van der Waals surface area contributed by atoms with Crippen LogP contribution in [-0.2, 0) is 26.0 Å². The topological polar surface area (TPSA) is 105 Å². The van der Waals surface area contributed by atoms with Crippen molar-refractivity contribution in [3.8, 4) is 5.75 Å². The van der Waals surface area contributed by atoms with Gasteiger partial charge in [-0.1, -0.05) is 24.3 Å². The Balaban J connectivity index is 1.77. The van der Waals surface area contributed by atoms with Gasteiger partial charge in [0.25, 0.3) is 0 Å².